The summed E-state index contributed by atoms with van der Waals surface area (Å²) in [5.74, 6) is -0.589. The summed E-state index contributed by atoms with van der Waals surface area (Å²) >= 11 is 3.92. The molecule has 13 nitrogen and oxygen atoms in total. The van der Waals surface area contributed by atoms with E-state index in [0.29, 0.717) is 30.0 Å². The summed E-state index contributed by atoms with van der Waals surface area (Å²) in [7, 11) is 1.25. The lowest BCUT2D eigenvalue weighted by molar-refractivity contribution is -0.156. The Balaban J connectivity index is 1.54. The van der Waals surface area contributed by atoms with E-state index in [-0.39, 0.29) is 16.7 Å². The van der Waals surface area contributed by atoms with Crippen molar-refractivity contribution < 1.29 is 24.3 Å². The standard InChI is InChI=1S/C21H24N8O5S3/c1-34-20(32)16-13(36-12-4-6-24-8-10(12)9-35-7-5-22)3-2-11-14(19(31)29(11)16)25-18(30)15(27-33)17-26-21(23)37-28-17/h4,6,8,11,14,33H,2-3,5,7,9,22H2,1H3,(H,25,30)(H2,23,26,28)/t11-,14+/m1/s1. The minimum atomic E-state index is -0.921. The Bertz CT molecular complexity index is 1270. The Kier molecular flexibility index (Phi) is 8.63. The van der Waals surface area contributed by atoms with Crippen molar-refractivity contribution in [1.82, 2.24) is 24.6 Å². The first-order valence-corrected chi connectivity index (χ1v) is 13.8. The Morgan fingerprint density at radius 1 is 1.43 bits per heavy atom. The van der Waals surface area contributed by atoms with Gasteiger partial charge in [-0.2, -0.15) is 21.1 Å². The molecule has 0 aromatic carbocycles. The van der Waals surface area contributed by atoms with Crippen LogP contribution in [-0.4, -0.2) is 79.4 Å². The van der Waals surface area contributed by atoms with E-state index in [1.54, 1.807) is 24.2 Å². The molecule has 0 bridgehead atoms. The van der Waals surface area contributed by atoms with E-state index < -0.39 is 35.6 Å². The van der Waals surface area contributed by atoms with Gasteiger partial charge in [-0.3, -0.25) is 19.5 Å². The average Bonchev–Trinajstić information content (AvgIpc) is 3.33. The quantitative estimate of drug-likeness (QED) is 0.0781. The zero-order valence-corrected chi connectivity index (χ0v) is 22.1. The number of oxime groups is 1. The van der Waals surface area contributed by atoms with Crippen LogP contribution in [-0.2, 0) is 24.9 Å². The lowest BCUT2D eigenvalue weighted by Gasteiger charge is -2.50. The van der Waals surface area contributed by atoms with E-state index in [9.17, 15) is 19.6 Å². The molecule has 6 N–H and O–H groups in total. The van der Waals surface area contributed by atoms with Gasteiger partial charge < -0.3 is 26.7 Å². The minimum absolute atomic E-state index is 0.0929. The number of nitrogens with zero attached hydrogens (tertiary/aromatic N) is 5. The second-order valence-electron chi connectivity index (χ2n) is 7.86. The van der Waals surface area contributed by atoms with Gasteiger partial charge in [-0.1, -0.05) is 16.9 Å². The normalized spacial score (nSPS) is 19.4. The van der Waals surface area contributed by atoms with Gasteiger partial charge in [-0.05, 0) is 24.5 Å². The van der Waals surface area contributed by atoms with Crippen LogP contribution in [0.25, 0.3) is 0 Å². The molecule has 37 heavy (non-hydrogen) atoms. The van der Waals surface area contributed by atoms with Crippen molar-refractivity contribution in [1.29, 1.82) is 0 Å². The molecule has 2 amide bonds. The molecule has 2 aromatic heterocycles. The van der Waals surface area contributed by atoms with Gasteiger partial charge in [0.15, 0.2) is 5.13 Å². The zero-order chi connectivity index (χ0) is 26.5. The highest BCUT2D eigenvalue weighted by molar-refractivity contribution is 8.03. The highest BCUT2D eigenvalue weighted by atomic mass is 32.2. The molecule has 0 saturated carbocycles. The fraction of sp³-hybridized carbons (Fsp3) is 0.381. The van der Waals surface area contributed by atoms with Gasteiger partial charge in [0.1, 0.15) is 11.7 Å². The number of nitrogen functional groups attached to an aromatic ring is 1. The summed E-state index contributed by atoms with van der Waals surface area (Å²) in [5, 5.41) is 14.9. The number of thioether (sulfide) groups is 2. The van der Waals surface area contributed by atoms with Crippen LogP contribution in [0.15, 0.2) is 39.1 Å². The second-order valence-corrected chi connectivity index (χ2v) is 10.9. The predicted molar refractivity (Wildman–Crippen MR) is 139 cm³/mol. The number of allylic oxidation sites excluding steroid dienone is 1. The van der Waals surface area contributed by atoms with Crippen molar-refractivity contribution in [2.75, 3.05) is 25.1 Å². The number of amides is 2. The van der Waals surface area contributed by atoms with E-state index >= 15 is 0 Å². The number of rotatable bonds is 10. The molecule has 1 fully saturated rings. The summed E-state index contributed by atoms with van der Waals surface area (Å²) in [6.07, 6.45) is 4.43. The molecule has 2 aromatic rings. The topological polar surface area (TPSA) is 199 Å². The zero-order valence-electron chi connectivity index (χ0n) is 19.6. The highest BCUT2D eigenvalue weighted by Gasteiger charge is 2.54. The first-order chi connectivity index (χ1) is 17.9. The van der Waals surface area contributed by atoms with Gasteiger partial charge in [0.2, 0.25) is 11.5 Å². The van der Waals surface area contributed by atoms with Crippen molar-refractivity contribution in [3.05, 3.63) is 40.5 Å². The number of β-lactam (4-membered cyclic amide) rings is 1. The smallest absolute Gasteiger partial charge is 0.355 e. The summed E-state index contributed by atoms with van der Waals surface area (Å²) in [4.78, 5) is 49.7. The molecule has 0 radical (unpaired) electrons. The molecule has 0 spiro atoms. The predicted octanol–water partition coefficient (Wildman–Crippen LogP) is 0.552. The SMILES string of the molecule is COC(=O)C1=C(Sc2ccncc2CSCCN)CC[C@@H]2[C@H](NC(=O)C(=NO)c3nsc(N)n3)C(=O)N12. The van der Waals surface area contributed by atoms with Crippen LogP contribution in [0.3, 0.4) is 0 Å². The lowest BCUT2D eigenvalue weighted by Crippen LogP contribution is -2.72. The lowest BCUT2D eigenvalue weighted by atomic mass is 9.86. The third-order valence-corrected chi connectivity index (χ3v) is 8.48. The van der Waals surface area contributed by atoms with Gasteiger partial charge in [-0.15, -0.1) is 0 Å². The Labute approximate surface area is 224 Å². The number of ether oxygens (including phenoxy) is 1. The molecule has 4 rings (SSSR count). The largest absolute Gasteiger partial charge is 0.464 e. The monoisotopic (exact) mass is 564 g/mol. The first kappa shape index (κ1) is 26.8. The van der Waals surface area contributed by atoms with Crippen LogP contribution in [0.2, 0.25) is 0 Å². The number of hydrogen-bond donors (Lipinski definition) is 4. The fourth-order valence-electron chi connectivity index (χ4n) is 3.97. The molecule has 2 aliphatic heterocycles. The molecule has 0 unspecified atom stereocenters. The first-order valence-electron chi connectivity index (χ1n) is 11.0. The Hall–Kier alpha value is -3.21. The van der Waals surface area contributed by atoms with Crippen LogP contribution >= 0.6 is 35.1 Å². The summed E-state index contributed by atoms with van der Waals surface area (Å²) in [5.41, 5.74) is 11.8. The molecule has 1 saturated heterocycles. The number of methoxy groups -OCH3 is 1. The van der Waals surface area contributed by atoms with Crippen LogP contribution in [0.4, 0.5) is 5.13 Å². The van der Waals surface area contributed by atoms with Gasteiger partial charge >= 0.3 is 5.97 Å². The summed E-state index contributed by atoms with van der Waals surface area (Å²) in [6, 6.07) is 0.475. The number of carbonyl (C=O) groups excluding carboxylic acids is 3. The number of hydrogen-bond acceptors (Lipinski definition) is 14. The third-order valence-electron chi connectivity index (χ3n) is 5.64. The number of anilines is 1. The number of nitrogens with one attached hydrogen (secondary N) is 1. The van der Waals surface area contributed by atoms with Crippen molar-refractivity contribution in [2.24, 2.45) is 10.9 Å². The second kappa shape index (κ2) is 11.9. The van der Waals surface area contributed by atoms with Gasteiger partial charge in [-0.25, -0.2) is 4.79 Å². The Morgan fingerprint density at radius 2 is 2.24 bits per heavy atom. The minimum Gasteiger partial charge on any atom is -0.464 e. The van der Waals surface area contributed by atoms with Crippen LogP contribution in [0.5, 0.6) is 0 Å². The van der Waals surface area contributed by atoms with E-state index in [1.807, 2.05) is 6.07 Å². The molecule has 16 heteroatoms. The maximum atomic E-state index is 13.1. The molecule has 0 aliphatic carbocycles. The van der Waals surface area contributed by atoms with E-state index in [0.717, 1.165) is 27.7 Å². The van der Waals surface area contributed by atoms with E-state index in [2.05, 4.69) is 24.8 Å². The van der Waals surface area contributed by atoms with Crippen molar-refractivity contribution in [3.8, 4) is 0 Å². The summed E-state index contributed by atoms with van der Waals surface area (Å²) < 4.78 is 8.86. The highest BCUT2D eigenvalue weighted by Crippen LogP contribution is 2.44. The molecule has 196 valence electrons. The number of esters is 1. The molecule has 2 aliphatic rings. The number of nitrogens with two attached hydrogens (primary N) is 2. The molecular weight excluding hydrogens is 540 g/mol. The maximum absolute atomic E-state index is 13.1. The average molecular weight is 565 g/mol. The van der Waals surface area contributed by atoms with Gasteiger partial charge in [0, 0.05) is 51.8 Å². The molecular formula is C21H24N8O5S3. The van der Waals surface area contributed by atoms with E-state index in [4.69, 9.17) is 16.2 Å². The molecule has 4 heterocycles. The van der Waals surface area contributed by atoms with Gasteiger partial charge in [0.05, 0.1) is 13.2 Å². The van der Waals surface area contributed by atoms with E-state index in [1.165, 1.54) is 23.8 Å². The summed E-state index contributed by atoms with van der Waals surface area (Å²) in [6.45, 7) is 0.571. The third kappa shape index (κ3) is 5.56. The van der Waals surface area contributed by atoms with Crippen LogP contribution in [0.1, 0.15) is 24.2 Å². The Morgan fingerprint density at radius 3 is 2.92 bits per heavy atom. The fourth-order valence-corrected chi connectivity index (χ4v) is 6.40. The van der Waals surface area contributed by atoms with Crippen LogP contribution < -0.4 is 16.8 Å². The van der Waals surface area contributed by atoms with Gasteiger partial charge in [0.25, 0.3) is 11.8 Å². The number of aromatic nitrogens is 3. The number of pyridine rings is 1. The molecule has 2 atom stereocenters. The van der Waals surface area contributed by atoms with Crippen molar-refractivity contribution in [2.45, 2.75) is 35.6 Å². The van der Waals surface area contributed by atoms with Crippen molar-refractivity contribution in [3.63, 3.8) is 0 Å². The maximum Gasteiger partial charge on any atom is 0.355 e. The van der Waals surface area contributed by atoms with Crippen molar-refractivity contribution >= 4 is 63.7 Å². The number of fused-ring (bicyclic) bond motifs is 1. The van der Waals surface area contributed by atoms with Crippen LogP contribution in [0, 0.1) is 0 Å². The number of carbonyl (C=O) groups is 3.